The summed E-state index contributed by atoms with van der Waals surface area (Å²) < 4.78 is 6.30. The fourth-order valence-electron chi connectivity index (χ4n) is 5.77. The number of carboxylic acid groups (broad SMARTS) is 1. The number of alkyl halides is 1. The molecule has 3 fully saturated rings. The van der Waals surface area contributed by atoms with Crippen LogP contribution in [-0.4, -0.2) is 86.1 Å². The lowest BCUT2D eigenvalue weighted by molar-refractivity contribution is -0.154. The number of aliphatic hydroxyl groups is 1. The van der Waals surface area contributed by atoms with Crippen LogP contribution in [0, 0.1) is 17.8 Å². The van der Waals surface area contributed by atoms with Crippen LogP contribution in [0.3, 0.4) is 0 Å². The number of ether oxygens (including phenoxy) is 1. The SMILES string of the molecule is C=CCN(CCCC)C(=O)[C@H]1N([C@@H](CO)[C@@H](C)CC)C(=O)[C@@H]2[C@@H](C(=O)O)[C@@H]3O[C@@]21CC3Br. The van der Waals surface area contributed by atoms with E-state index in [0.29, 0.717) is 25.9 Å². The fraction of sp³-hybridized carbons (Fsp3) is 0.783. The Morgan fingerprint density at radius 1 is 1.44 bits per heavy atom. The van der Waals surface area contributed by atoms with E-state index in [1.165, 1.54) is 4.90 Å². The normalized spacial score (nSPS) is 35.0. The molecule has 0 saturated carbocycles. The van der Waals surface area contributed by atoms with E-state index in [1.54, 1.807) is 11.0 Å². The Labute approximate surface area is 198 Å². The van der Waals surface area contributed by atoms with Gasteiger partial charge in [-0.25, -0.2) is 0 Å². The van der Waals surface area contributed by atoms with Crippen molar-refractivity contribution in [3.8, 4) is 0 Å². The summed E-state index contributed by atoms with van der Waals surface area (Å²) in [6.07, 6.45) is 3.76. The van der Waals surface area contributed by atoms with Gasteiger partial charge in [-0.3, -0.25) is 14.4 Å². The number of hydrogen-bond acceptors (Lipinski definition) is 5. The van der Waals surface area contributed by atoms with Crippen molar-refractivity contribution in [2.24, 2.45) is 17.8 Å². The summed E-state index contributed by atoms with van der Waals surface area (Å²) >= 11 is 3.55. The zero-order valence-electron chi connectivity index (χ0n) is 19.1. The van der Waals surface area contributed by atoms with Gasteiger partial charge in [0.25, 0.3) is 0 Å². The van der Waals surface area contributed by atoms with Gasteiger partial charge in [-0.15, -0.1) is 6.58 Å². The van der Waals surface area contributed by atoms with Crippen LogP contribution in [0.1, 0.15) is 46.5 Å². The minimum atomic E-state index is -1.22. The number of halogens is 1. The Bertz CT molecular complexity index is 763. The predicted octanol–water partition coefficient (Wildman–Crippen LogP) is 2.04. The van der Waals surface area contributed by atoms with Crippen molar-refractivity contribution >= 4 is 33.7 Å². The number of rotatable bonds is 11. The molecule has 1 spiro atoms. The molecule has 9 heteroatoms. The van der Waals surface area contributed by atoms with Gasteiger partial charge in [0.05, 0.1) is 30.6 Å². The van der Waals surface area contributed by atoms with Crippen molar-refractivity contribution < 1.29 is 29.3 Å². The van der Waals surface area contributed by atoms with Crippen LogP contribution in [0.4, 0.5) is 0 Å². The Morgan fingerprint density at radius 2 is 2.12 bits per heavy atom. The summed E-state index contributed by atoms with van der Waals surface area (Å²) in [5.41, 5.74) is -1.22. The average molecular weight is 515 g/mol. The minimum Gasteiger partial charge on any atom is -0.481 e. The summed E-state index contributed by atoms with van der Waals surface area (Å²) in [5, 5.41) is 20.2. The number of aliphatic hydroxyl groups excluding tert-OH is 1. The molecule has 3 aliphatic rings. The summed E-state index contributed by atoms with van der Waals surface area (Å²) in [6, 6.07) is -1.57. The topological polar surface area (TPSA) is 107 Å². The van der Waals surface area contributed by atoms with Gasteiger partial charge < -0.3 is 24.7 Å². The van der Waals surface area contributed by atoms with Gasteiger partial charge in [-0.1, -0.05) is 55.6 Å². The van der Waals surface area contributed by atoms with Crippen molar-refractivity contribution in [3.63, 3.8) is 0 Å². The lowest BCUT2D eigenvalue weighted by Gasteiger charge is -2.41. The maximum absolute atomic E-state index is 14.0. The Morgan fingerprint density at radius 3 is 2.66 bits per heavy atom. The van der Waals surface area contributed by atoms with E-state index in [1.807, 2.05) is 20.8 Å². The maximum atomic E-state index is 14.0. The van der Waals surface area contributed by atoms with E-state index in [-0.39, 0.29) is 23.3 Å². The second-order valence-corrected chi connectivity index (χ2v) is 10.5. The average Bonchev–Trinajstić information content (AvgIpc) is 3.35. The molecule has 2 N–H and O–H groups in total. The summed E-state index contributed by atoms with van der Waals surface area (Å²) in [5.74, 6) is -3.79. The highest BCUT2D eigenvalue weighted by Crippen LogP contribution is 2.60. The quantitative estimate of drug-likeness (QED) is 0.322. The minimum absolute atomic E-state index is 0.0711. The molecule has 2 bridgehead atoms. The molecule has 32 heavy (non-hydrogen) atoms. The lowest BCUT2D eigenvalue weighted by Crippen LogP contribution is -2.60. The standard InChI is InChI=1S/C23H35BrN2O6/c1-5-8-10-25(9-6-2)21(29)19-23-11-14(24)18(32-23)16(22(30)31)17(23)20(28)26(19)15(12-27)13(4)7-3/h6,13-19,27H,2,5,7-12H2,1,3-4H3,(H,30,31)/t13-,14?,15-,16+,17-,18+,19+,23-/m0/s1. The van der Waals surface area contributed by atoms with Crippen molar-refractivity contribution in [1.29, 1.82) is 0 Å². The van der Waals surface area contributed by atoms with Crippen LogP contribution in [0.15, 0.2) is 12.7 Å². The third-order valence-electron chi connectivity index (χ3n) is 7.53. The molecule has 3 heterocycles. The number of fused-ring (bicyclic) bond motifs is 1. The Hall–Kier alpha value is -1.45. The van der Waals surface area contributed by atoms with Crippen molar-refractivity contribution in [2.75, 3.05) is 19.7 Å². The summed E-state index contributed by atoms with van der Waals surface area (Å²) in [4.78, 5) is 42.9. The van der Waals surface area contributed by atoms with Gasteiger partial charge >= 0.3 is 5.97 Å². The summed E-state index contributed by atoms with van der Waals surface area (Å²) in [6.45, 7) is 10.2. The van der Waals surface area contributed by atoms with Gasteiger partial charge in [0.15, 0.2) is 0 Å². The number of hydrogen-bond donors (Lipinski definition) is 2. The zero-order valence-corrected chi connectivity index (χ0v) is 20.7. The molecule has 180 valence electrons. The molecule has 8 atom stereocenters. The first kappa shape index (κ1) is 25.2. The van der Waals surface area contributed by atoms with E-state index >= 15 is 0 Å². The number of carbonyl (C=O) groups excluding carboxylic acids is 2. The van der Waals surface area contributed by atoms with Gasteiger partial charge in [0.1, 0.15) is 11.6 Å². The smallest absolute Gasteiger partial charge is 0.310 e. The van der Waals surface area contributed by atoms with E-state index in [4.69, 9.17) is 4.74 Å². The van der Waals surface area contributed by atoms with Gasteiger partial charge in [0.2, 0.25) is 11.8 Å². The molecule has 8 nitrogen and oxygen atoms in total. The third kappa shape index (κ3) is 3.80. The molecular formula is C23H35BrN2O6. The van der Waals surface area contributed by atoms with Crippen LogP contribution in [-0.2, 0) is 19.1 Å². The highest BCUT2D eigenvalue weighted by atomic mass is 79.9. The van der Waals surface area contributed by atoms with E-state index in [9.17, 15) is 24.6 Å². The van der Waals surface area contributed by atoms with E-state index < -0.39 is 47.5 Å². The highest BCUT2D eigenvalue weighted by molar-refractivity contribution is 9.09. The first-order valence-electron chi connectivity index (χ1n) is 11.6. The van der Waals surface area contributed by atoms with Gasteiger partial charge in [-0.2, -0.15) is 0 Å². The van der Waals surface area contributed by atoms with Crippen molar-refractivity contribution in [2.45, 2.75) is 75.1 Å². The third-order valence-corrected chi connectivity index (χ3v) is 8.38. The Kier molecular flexibility index (Phi) is 7.72. The second kappa shape index (κ2) is 9.81. The van der Waals surface area contributed by atoms with Crippen LogP contribution in [0.25, 0.3) is 0 Å². The predicted molar refractivity (Wildman–Crippen MR) is 122 cm³/mol. The number of carbonyl (C=O) groups is 3. The number of aliphatic carboxylic acids is 1. The van der Waals surface area contributed by atoms with Crippen molar-refractivity contribution in [1.82, 2.24) is 9.80 Å². The fourth-order valence-corrected chi connectivity index (χ4v) is 6.71. The lowest BCUT2D eigenvalue weighted by atomic mass is 9.70. The molecule has 0 aromatic rings. The number of nitrogens with zero attached hydrogens (tertiary/aromatic N) is 2. The molecule has 0 aliphatic carbocycles. The number of unbranched alkanes of at least 4 members (excludes halogenated alkanes) is 1. The Balaban J connectivity index is 2.12. The maximum Gasteiger partial charge on any atom is 0.310 e. The molecule has 3 rings (SSSR count). The van der Waals surface area contributed by atoms with Crippen LogP contribution in [0.5, 0.6) is 0 Å². The molecule has 3 saturated heterocycles. The van der Waals surface area contributed by atoms with Crippen LogP contribution >= 0.6 is 15.9 Å². The number of amides is 2. The molecule has 0 radical (unpaired) electrons. The largest absolute Gasteiger partial charge is 0.481 e. The van der Waals surface area contributed by atoms with Gasteiger partial charge in [0, 0.05) is 17.9 Å². The number of likely N-dealkylation sites (tertiary alicyclic amines) is 1. The monoisotopic (exact) mass is 514 g/mol. The zero-order chi connectivity index (χ0) is 23.8. The number of carboxylic acids is 1. The van der Waals surface area contributed by atoms with E-state index in [0.717, 1.165) is 12.8 Å². The molecule has 1 unspecified atom stereocenters. The second-order valence-electron chi connectivity index (χ2n) is 9.31. The molecule has 0 aromatic heterocycles. The van der Waals surface area contributed by atoms with Gasteiger partial charge in [-0.05, 0) is 18.8 Å². The molecule has 2 amide bonds. The first-order chi connectivity index (χ1) is 15.2. The molecule has 3 aliphatic heterocycles. The first-order valence-corrected chi connectivity index (χ1v) is 12.5. The highest BCUT2D eigenvalue weighted by Gasteiger charge is 2.77. The van der Waals surface area contributed by atoms with Crippen molar-refractivity contribution in [3.05, 3.63) is 12.7 Å². The van der Waals surface area contributed by atoms with E-state index in [2.05, 4.69) is 22.5 Å². The summed E-state index contributed by atoms with van der Waals surface area (Å²) in [7, 11) is 0. The molecular weight excluding hydrogens is 480 g/mol. The van der Waals surface area contributed by atoms with Crippen LogP contribution < -0.4 is 0 Å². The molecule has 0 aromatic carbocycles. The van der Waals surface area contributed by atoms with Crippen LogP contribution in [0.2, 0.25) is 0 Å².